The number of carbonyl (C=O) groups excluding carboxylic acids is 2. The van der Waals surface area contributed by atoms with Crippen molar-refractivity contribution in [1.82, 2.24) is 15.6 Å². The smallest absolute Gasteiger partial charge is 0.326 e. The van der Waals surface area contributed by atoms with Gasteiger partial charge >= 0.3 is 5.97 Å². The number of carboxylic acid groups (broad SMARTS) is 1. The van der Waals surface area contributed by atoms with Gasteiger partial charge < -0.3 is 26.5 Å². The lowest BCUT2D eigenvalue weighted by molar-refractivity contribution is -0.142. The summed E-state index contributed by atoms with van der Waals surface area (Å²) in [5, 5.41) is 16.0. The van der Waals surface area contributed by atoms with Crippen molar-refractivity contribution in [2.75, 3.05) is 0 Å². The molecule has 0 saturated heterocycles. The van der Waals surface area contributed by atoms with E-state index in [-0.39, 0.29) is 18.8 Å². The Morgan fingerprint density at radius 2 is 1.56 bits per heavy atom. The number of nitrogens with two attached hydrogens (primary N) is 1. The van der Waals surface area contributed by atoms with E-state index in [9.17, 15) is 19.5 Å². The van der Waals surface area contributed by atoms with E-state index >= 15 is 0 Å². The number of aromatic amines is 1. The first-order valence-electron chi connectivity index (χ1n) is 11.4. The van der Waals surface area contributed by atoms with Gasteiger partial charge in [0.05, 0.1) is 6.04 Å². The summed E-state index contributed by atoms with van der Waals surface area (Å²) in [4.78, 5) is 41.0. The highest BCUT2D eigenvalue weighted by Gasteiger charge is 2.29. The number of carbonyl (C=O) groups is 3. The first-order valence-corrected chi connectivity index (χ1v) is 11.4. The molecule has 3 rings (SSSR count). The molecule has 1 aromatic heterocycles. The molecule has 3 atom stereocenters. The highest BCUT2D eigenvalue weighted by atomic mass is 16.4. The number of carboxylic acids is 1. The Morgan fingerprint density at radius 3 is 2.24 bits per heavy atom. The number of aliphatic carboxylic acids is 1. The summed E-state index contributed by atoms with van der Waals surface area (Å²) in [6, 6.07) is 13.8. The molecule has 8 heteroatoms. The van der Waals surface area contributed by atoms with Crippen LogP contribution in [0.5, 0.6) is 0 Å². The van der Waals surface area contributed by atoms with Crippen LogP contribution in [0.3, 0.4) is 0 Å². The molecule has 0 saturated carbocycles. The van der Waals surface area contributed by atoms with Crippen molar-refractivity contribution >= 4 is 28.7 Å². The third-order valence-corrected chi connectivity index (χ3v) is 5.69. The normalized spacial score (nSPS) is 13.9. The minimum Gasteiger partial charge on any atom is -0.480 e. The molecule has 0 aliphatic heterocycles. The zero-order valence-electron chi connectivity index (χ0n) is 19.5. The van der Waals surface area contributed by atoms with Gasteiger partial charge in [-0.3, -0.25) is 9.59 Å². The summed E-state index contributed by atoms with van der Waals surface area (Å²) in [6.45, 7) is 3.93. The molecular weight excluding hydrogens is 432 g/mol. The van der Waals surface area contributed by atoms with E-state index in [0.29, 0.717) is 6.42 Å². The summed E-state index contributed by atoms with van der Waals surface area (Å²) < 4.78 is 0. The SMILES string of the molecule is CC(C)CC(N)C(=O)NC(Cc1c[nH]c2ccccc12)C(=O)NC(Cc1ccccc1)C(=O)O. The molecule has 34 heavy (non-hydrogen) atoms. The summed E-state index contributed by atoms with van der Waals surface area (Å²) in [7, 11) is 0. The van der Waals surface area contributed by atoms with Crippen LogP contribution in [0.4, 0.5) is 0 Å². The van der Waals surface area contributed by atoms with Crippen LogP contribution in [-0.4, -0.2) is 46.0 Å². The summed E-state index contributed by atoms with van der Waals surface area (Å²) in [5.74, 6) is -1.95. The maximum atomic E-state index is 13.3. The maximum Gasteiger partial charge on any atom is 0.326 e. The van der Waals surface area contributed by atoms with Crippen molar-refractivity contribution in [3.63, 3.8) is 0 Å². The lowest BCUT2D eigenvalue weighted by Crippen LogP contribution is -2.55. The van der Waals surface area contributed by atoms with Crippen molar-refractivity contribution in [2.45, 2.75) is 51.2 Å². The van der Waals surface area contributed by atoms with Crippen molar-refractivity contribution in [3.8, 4) is 0 Å². The van der Waals surface area contributed by atoms with Crippen LogP contribution in [0.15, 0.2) is 60.8 Å². The van der Waals surface area contributed by atoms with Crippen LogP contribution in [0.1, 0.15) is 31.4 Å². The molecule has 3 unspecified atom stereocenters. The van der Waals surface area contributed by atoms with Gasteiger partial charge in [0.15, 0.2) is 0 Å². The zero-order valence-corrected chi connectivity index (χ0v) is 19.5. The molecule has 6 N–H and O–H groups in total. The molecule has 0 spiro atoms. The molecule has 2 amide bonds. The molecule has 0 aliphatic rings. The number of nitrogens with one attached hydrogen (secondary N) is 3. The number of hydrogen-bond donors (Lipinski definition) is 5. The van der Waals surface area contributed by atoms with E-state index in [4.69, 9.17) is 5.73 Å². The first kappa shape index (κ1) is 25.0. The lowest BCUT2D eigenvalue weighted by Gasteiger charge is -2.23. The van der Waals surface area contributed by atoms with E-state index in [0.717, 1.165) is 22.0 Å². The highest BCUT2D eigenvalue weighted by Crippen LogP contribution is 2.19. The monoisotopic (exact) mass is 464 g/mol. The molecule has 0 fully saturated rings. The standard InChI is InChI=1S/C26H32N4O4/c1-16(2)12-20(27)24(31)29-22(14-18-15-28-21-11-7-6-10-19(18)21)25(32)30-23(26(33)34)13-17-8-4-3-5-9-17/h3-11,15-16,20,22-23,28H,12-14,27H2,1-2H3,(H,29,31)(H,30,32)(H,33,34). The third kappa shape index (κ3) is 6.68. The van der Waals surface area contributed by atoms with Gasteiger partial charge in [0.2, 0.25) is 11.8 Å². The van der Waals surface area contributed by atoms with Crippen LogP contribution in [-0.2, 0) is 27.2 Å². The van der Waals surface area contributed by atoms with Crippen LogP contribution >= 0.6 is 0 Å². The number of H-pyrrole nitrogens is 1. The molecule has 0 radical (unpaired) electrons. The highest BCUT2D eigenvalue weighted by molar-refractivity contribution is 5.93. The number of fused-ring (bicyclic) bond motifs is 1. The zero-order chi connectivity index (χ0) is 24.7. The molecule has 180 valence electrons. The summed E-state index contributed by atoms with van der Waals surface area (Å²) in [6.07, 6.45) is 2.58. The maximum absolute atomic E-state index is 13.3. The Bertz CT molecular complexity index is 1130. The average Bonchev–Trinajstić information content (AvgIpc) is 3.21. The van der Waals surface area contributed by atoms with Crippen molar-refractivity contribution in [1.29, 1.82) is 0 Å². The number of benzene rings is 2. The molecular formula is C26H32N4O4. The third-order valence-electron chi connectivity index (χ3n) is 5.69. The topological polar surface area (TPSA) is 137 Å². The van der Waals surface area contributed by atoms with E-state index in [1.807, 2.05) is 56.3 Å². The Kier molecular flexibility index (Phi) is 8.43. The average molecular weight is 465 g/mol. The van der Waals surface area contributed by atoms with Crippen LogP contribution < -0.4 is 16.4 Å². The lowest BCUT2D eigenvalue weighted by atomic mass is 10.0. The van der Waals surface area contributed by atoms with Crippen molar-refractivity contribution in [3.05, 3.63) is 71.9 Å². The van der Waals surface area contributed by atoms with Crippen LogP contribution in [0.2, 0.25) is 0 Å². The van der Waals surface area contributed by atoms with E-state index in [2.05, 4.69) is 15.6 Å². The molecule has 0 aliphatic carbocycles. The summed E-state index contributed by atoms with van der Waals surface area (Å²) in [5.41, 5.74) is 8.57. The fourth-order valence-electron chi connectivity index (χ4n) is 3.95. The molecule has 2 aromatic carbocycles. The second-order valence-corrected chi connectivity index (χ2v) is 8.95. The van der Waals surface area contributed by atoms with E-state index in [1.54, 1.807) is 18.3 Å². The Hall–Kier alpha value is -3.65. The fourth-order valence-corrected chi connectivity index (χ4v) is 3.95. The first-order chi connectivity index (χ1) is 16.2. The van der Waals surface area contributed by atoms with Gasteiger partial charge in [-0.25, -0.2) is 4.79 Å². The van der Waals surface area contributed by atoms with Gasteiger partial charge in [0.1, 0.15) is 12.1 Å². The Labute approximate surface area is 198 Å². The van der Waals surface area contributed by atoms with Crippen LogP contribution in [0.25, 0.3) is 10.9 Å². The quantitative estimate of drug-likeness (QED) is 0.297. The van der Waals surface area contributed by atoms with E-state index < -0.39 is 35.9 Å². The number of aromatic nitrogens is 1. The Balaban J connectivity index is 1.81. The van der Waals surface area contributed by atoms with E-state index in [1.165, 1.54) is 0 Å². The van der Waals surface area contributed by atoms with Gasteiger partial charge in [-0.1, -0.05) is 62.4 Å². The second-order valence-electron chi connectivity index (χ2n) is 8.95. The predicted molar refractivity (Wildman–Crippen MR) is 131 cm³/mol. The number of para-hydroxylation sites is 1. The summed E-state index contributed by atoms with van der Waals surface area (Å²) >= 11 is 0. The second kappa shape index (κ2) is 11.5. The van der Waals surface area contributed by atoms with Crippen LogP contribution in [0, 0.1) is 5.92 Å². The molecule has 1 heterocycles. The Morgan fingerprint density at radius 1 is 0.912 bits per heavy atom. The minimum atomic E-state index is -1.15. The van der Waals surface area contributed by atoms with Gasteiger partial charge in [-0.05, 0) is 29.5 Å². The van der Waals surface area contributed by atoms with Gasteiger partial charge in [-0.2, -0.15) is 0 Å². The van der Waals surface area contributed by atoms with Gasteiger partial charge in [0.25, 0.3) is 0 Å². The minimum absolute atomic E-state index is 0.128. The molecule has 3 aromatic rings. The largest absolute Gasteiger partial charge is 0.480 e. The van der Waals surface area contributed by atoms with Crippen molar-refractivity contribution < 1.29 is 19.5 Å². The van der Waals surface area contributed by atoms with Gasteiger partial charge in [-0.15, -0.1) is 0 Å². The molecule has 8 nitrogen and oxygen atoms in total. The molecule has 0 bridgehead atoms. The number of rotatable bonds is 11. The number of amides is 2. The fraction of sp³-hybridized carbons (Fsp3) is 0.346. The predicted octanol–water partition coefficient (Wildman–Crippen LogP) is 2.38. The number of hydrogen-bond acceptors (Lipinski definition) is 4. The van der Waals surface area contributed by atoms with Gasteiger partial charge in [0, 0.05) is 29.9 Å². The van der Waals surface area contributed by atoms with Crippen molar-refractivity contribution in [2.24, 2.45) is 11.7 Å².